The summed E-state index contributed by atoms with van der Waals surface area (Å²) in [4.78, 5) is 10.4. The molecule has 0 bridgehead atoms. The van der Waals surface area contributed by atoms with Gasteiger partial charge in [-0.3, -0.25) is 4.79 Å². The van der Waals surface area contributed by atoms with E-state index in [0.29, 0.717) is 6.42 Å². The van der Waals surface area contributed by atoms with Gasteiger partial charge in [-0.15, -0.1) is 0 Å². The molecule has 1 amide bonds. The van der Waals surface area contributed by atoms with Crippen molar-refractivity contribution in [2.75, 3.05) is 6.54 Å². The number of carbonyl (C=O) groups is 1. The highest BCUT2D eigenvalue weighted by Gasteiger charge is 2.22. The Labute approximate surface area is 72.1 Å². The molecule has 0 saturated carbocycles. The van der Waals surface area contributed by atoms with Crippen molar-refractivity contribution in [1.29, 1.82) is 0 Å². The van der Waals surface area contributed by atoms with Crippen molar-refractivity contribution in [3.05, 3.63) is 0 Å². The number of carbonyl (C=O) groups excluding carboxylic acids is 1. The van der Waals surface area contributed by atoms with Gasteiger partial charge in [0.05, 0.1) is 6.10 Å². The van der Waals surface area contributed by atoms with Gasteiger partial charge in [-0.2, -0.15) is 0 Å². The van der Waals surface area contributed by atoms with E-state index in [1.54, 1.807) is 0 Å². The normalized spacial score (nSPS) is 25.6. The molecule has 1 fully saturated rings. The van der Waals surface area contributed by atoms with E-state index in [9.17, 15) is 9.90 Å². The SMILES string of the molecule is NC(=O)CCC(O)C1CCCN1. The summed E-state index contributed by atoms with van der Waals surface area (Å²) in [6, 6.07) is 0.171. The fraction of sp³-hybridized carbons (Fsp3) is 0.875. The van der Waals surface area contributed by atoms with E-state index in [4.69, 9.17) is 5.73 Å². The maximum atomic E-state index is 10.4. The van der Waals surface area contributed by atoms with E-state index in [0.717, 1.165) is 19.4 Å². The van der Waals surface area contributed by atoms with Gasteiger partial charge in [-0.1, -0.05) is 0 Å². The minimum absolute atomic E-state index is 0.171. The molecule has 1 aliphatic rings. The van der Waals surface area contributed by atoms with E-state index >= 15 is 0 Å². The Morgan fingerprint density at radius 3 is 3.00 bits per heavy atom. The number of nitrogens with two attached hydrogens (primary N) is 1. The van der Waals surface area contributed by atoms with Crippen LogP contribution >= 0.6 is 0 Å². The Morgan fingerprint density at radius 2 is 2.50 bits per heavy atom. The number of aliphatic hydroxyl groups excluding tert-OH is 1. The quantitative estimate of drug-likeness (QED) is 0.528. The Kier molecular flexibility index (Phi) is 3.49. The predicted molar refractivity (Wildman–Crippen MR) is 45.5 cm³/mol. The summed E-state index contributed by atoms with van der Waals surface area (Å²) >= 11 is 0. The van der Waals surface area contributed by atoms with Crippen molar-refractivity contribution in [2.24, 2.45) is 5.73 Å². The summed E-state index contributed by atoms with van der Waals surface area (Å²) in [5.41, 5.74) is 4.97. The van der Waals surface area contributed by atoms with Crippen LogP contribution in [0.1, 0.15) is 25.7 Å². The third kappa shape index (κ3) is 2.79. The Hall–Kier alpha value is -0.610. The summed E-state index contributed by atoms with van der Waals surface area (Å²) in [5.74, 6) is -0.341. The molecule has 0 spiro atoms. The summed E-state index contributed by atoms with van der Waals surface area (Å²) in [7, 11) is 0. The van der Waals surface area contributed by atoms with Gasteiger partial charge in [0, 0.05) is 12.5 Å². The highest BCUT2D eigenvalue weighted by Crippen LogP contribution is 2.12. The molecular formula is C8H16N2O2. The van der Waals surface area contributed by atoms with Crippen LogP contribution in [-0.2, 0) is 4.79 Å². The molecule has 2 unspecified atom stereocenters. The Balaban J connectivity index is 2.17. The Bertz CT molecular complexity index is 155. The third-order valence-corrected chi connectivity index (χ3v) is 2.25. The predicted octanol–water partition coefficient (Wildman–Crippen LogP) is -0.635. The van der Waals surface area contributed by atoms with Crippen molar-refractivity contribution >= 4 is 5.91 Å². The first-order valence-electron chi connectivity index (χ1n) is 4.40. The first-order valence-corrected chi connectivity index (χ1v) is 4.40. The van der Waals surface area contributed by atoms with Crippen molar-refractivity contribution in [1.82, 2.24) is 5.32 Å². The van der Waals surface area contributed by atoms with Crippen LogP contribution in [0.5, 0.6) is 0 Å². The van der Waals surface area contributed by atoms with Gasteiger partial charge in [-0.25, -0.2) is 0 Å². The number of amides is 1. The molecule has 70 valence electrons. The molecule has 4 heteroatoms. The minimum atomic E-state index is -0.417. The molecule has 1 heterocycles. The summed E-state index contributed by atoms with van der Waals surface area (Å²) in [6.45, 7) is 0.971. The zero-order valence-corrected chi connectivity index (χ0v) is 7.12. The first kappa shape index (κ1) is 9.48. The lowest BCUT2D eigenvalue weighted by atomic mass is 10.0. The molecule has 4 nitrogen and oxygen atoms in total. The molecule has 2 atom stereocenters. The highest BCUT2D eigenvalue weighted by molar-refractivity contribution is 5.73. The maximum Gasteiger partial charge on any atom is 0.217 e. The topological polar surface area (TPSA) is 75.4 Å². The minimum Gasteiger partial charge on any atom is -0.391 e. The van der Waals surface area contributed by atoms with Crippen molar-refractivity contribution < 1.29 is 9.90 Å². The van der Waals surface area contributed by atoms with Gasteiger partial charge in [0.1, 0.15) is 0 Å². The van der Waals surface area contributed by atoms with Gasteiger partial charge in [-0.05, 0) is 25.8 Å². The van der Waals surface area contributed by atoms with Crippen molar-refractivity contribution in [3.8, 4) is 0 Å². The number of hydrogen-bond acceptors (Lipinski definition) is 3. The average Bonchev–Trinajstić information content (AvgIpc) is 2.51. The molecule has 4 N–H and O–H groups in total. The van der Waals surface area contributed by atoms with Crippen LogP contribution in [0.3, 0.4) is 0 Å². The summed E-state index contributed by atoms with van der Waals surface area (Å²) < 4.78 is 0. The highest BCUT2D eigenvalue weighted by atomic mass is 16.3. The molecule has 0 aromatic heterocycles. The van der Waals surface area contributed by atoms with Crippen LogP contribution in [0.15, 0.2) is 0 Å². The van der Waals surface area contributed by atoms with E-state index in [2.05, 4.69) is 5.32 Å². The van der Waals surface area contributed by atoms with Crippen LogP contribution in [0.25, 0.3) is 0 Å². The van der Waals surface area contributed by atoms with Crippen LogP contribution in [-0.4, -0.2) is 29.7 Å². The van der Waals surface area contributed by atoms with E-state index in [1.807, 2.05) is 0 Å². The van der Waals surface area contributed by atoms with Gasteiger partial charge in [0.2, 0.25) is 5.91 Å². The van der Waals surface area contributed by atoms with E-state index in [-0.39, 0.29) is 18.4 Å². The van der Waals surface area contributed by atoms with Gasteiger partial charge < -0.3 is 16.2 Å². The average molecular weight is 172 g/mol. The third-order valence-electron chi connectivity index (χ3n) is 2.25. The zero-order valence-electron chi connectivity index (χ0n) is 7.12. The first-order chi connectivity index (χ1) is 5.70. The number of hydrogen-bond donors (Lipinski definition) is 3. The zero-order chi connectivity index (χ0) is 8.97. The molecule has 0 aromatic rings. The second kappa shape index (κ2) is 4.42. The summed E-state index contributed by atoms with van der Waals surface area (Å²) in [6.07, 6.45) is 2.45. The van der Waals surface area contributed by atoms with Crippen LogP contribution in [0, 0.1) is 0 Å². The fourth-order valence-corrected chi connectivity index (χ4v) is 1.53. The summed E-state index contributed by atoms with van der Waals surface area (Å²) in [5, 5.41) is 12.7. The molecule has 12 heavy (non-hydrogen) atoms. The molecule has 1 saturated heterocycles. The van der Waals surface area contributed by atoms with Gasteiger partial charge in [0.25, 0.3) is 0 Å². The standard InChI is InChI=1S/C8H16N2O2/c9-8(12)4-3-7(11)6-2-1-5-10-6/h6-7,10-11H,1-5H2,(H2,9,12). The molecule has 0 aliphatic carbocycles. The molecular weight excluding hydrogens is 156 g/mol. The van der Waals surface area contributed by atoms with Gasteiger partial charge >= 0.3 is 0 Å². The van der Waals surface area contributed by atoms with Crippen LogP contribution < -0.4 is 11.1 Å². The largest absolute Gasteiger partial charge is 0.391 e. The van der Waals surface area contributed by atoms with Crippen LogP contribution in [0.4, 0.5) is 0 Å². The lowest BCUT2D eigenvalue weighted by Gasteiger charge is -2.16. The van der Waals surface area contributed by atoms with Crippen molar-refractivity contribution in [2.45, 2.75) is 37.8 Å². The van der Waals surface area contributed by atoms with E-state index in [1.165, 1.54) is 0 Å². The molecule has 0 radical (unpaired) electrons. The smallest absolute Gasteiger partial charge is 0.217 e. The molecule has 1 aliphatic heterocycles. The number of rotatable bonds is 4. The number of nitrogens with one attached hydrogen (secondary N) is 1. The molecule has 1 rings (SSSR count). The maximum absolute atomic E-state index is 10.4. The van der Waals surface area contributed by atoms with Crippen molar-refractivity contribution in [3.63, 3.8) is 0 Å². The fourth-order valence-electron chi connectivity index (χ4n) is 1.53. The van der Waals surface area contributed by atoms with E-state index < -0.39 is 6.10 Å². The second-order valence-electron chi connectivity index (χ2n) is 3.28. The van der Waals surface area contributed by atoms with Crippen LogP contribution in [0.2, 0.25) is 0 Å². The van der Waals surface area contributed by atoms with Gasteiger partial charge in [0.15, 0.2) is 0 Å². The monoisotopic (exact) mass is 172 g/mol. The number of primary amides is 1. The number of aliphatic hydroxyl groups is 1. The second-order valence-corrected chi connectivity index (χ2v) is 3.28. The Morgan fingerprint density at radius 1 is 1.75 bits per heavy atom. The lowest BCUT2D eigenvalue weighted by Crippen LogP contribution is -2.35. The molecule has 0 aromatic carbocycles. The lowest BCUT2D eigenvalue weighted by molar-refractivity contribution is -0.118.